The van der Waals surface area contributed by atoms with Crippen molar-refractivity contribution in [2.75, 3.05) is 19.0 Å². The lowest BCUT2D eigenvalue weighted by atomic mass is 10.1. The van der Waals surface area contributed by atoms with Gasteiger partial charge >= 0.3 is 0 Å². The predicted octanol–water partition coefficient (Wildman–Crippen LogP) is 4.57. The number of hydrazone groups is 1. The zero-order valence-corrected chi connectivity index (χ0v) is 17.6. The van der Waals surface area contributed by atoms with Gasteiger partial charge in [-0.2, -0.15) is 5.10 Å². The number of carbonyl (C=O) groups excluding carboxylic acids is 1. The molecule has 28 heavy (non-hydrogen) atoms. The highest BCUT2D eigenvalue weighted by molar-refractivity contribution is 7.99. The van der Waals surface area contributed by atoms with Crippen molar-refractivity contribution in [1.29, 1.82) is 0 Å². The van der Waals surface area contributed by atoms with E-state index in [-0.39, 0.29) is 5.91 Å². The van der Waals surface area contributed by atoms with Crippen molar-refractivity contribution in [3.8, 4) is 11.5 Å². The highest BCUT2D eigenvalue weighted by atomic mass is 32.2. The number of hydrogen-bond acceptors (Lipinski definition) is 5. The van der Waals surface area contributed by atoms with Crippen LogP contribution in [0.1, 0.15) is 37.0 Å². The fourth-order valence-corrected chi connectivity index (χ4v) is 3.34. The van der Waals surface area contributed by atoms with Crippen LogP contribution in [0.15, 0.2) is 47.6 Å². The fourth-order valence-electron chi connectivity index (χ4n) is 2.44. The summed E-state index contributed by atoms with van der Waals surface area (Å²) >= 11 is 1.57. The minimum atomic E-state index is -0.122. The van der Waals surface area contributed by atoms with E-state index >= 15 is 0 Å². The molecule has 0 atom stereocenters. The van der Waals surface area contributed by atoms with Crippen LogP contribution in [0.5, 0.6) is 11.5 Å². The Labute approximate surface area is 171 Å². The van der Waals surface area contributed by atoms with Crippen LogP contribution in [0.2, 0.25) is 0 Å². The lowest BCUT2D eigenvalue weighted by Gasteiger charge is -2.11. The largest absolute Gasteiger partial charge is 0.490 e. The maximum atomic E-state index is 12.0. The van der Waals surface area contributed by atoms with Gasteiger partial charge in [-0.3, -0.25) is 4.79 Å². The lowest BCUT2D eigenvalue weighted by molar-refractivity contribution is -0.118. The molecule has 2 aromatic carbocycles. The zero-order chi connectivity index (χ0) is 20.2. The van der Waals surface area contributed by atoms with E-state index in [4.69, 9.17) is 9.47 Å². The van der Waals surface area contributed by atoms with Crippen LogP contribution >= 0.6 is 11.8 Å². The van der Waals surface area contributed by atoms with E-state index in [0.29, 0.717) is 24.7 Å². The van der Waals surface area contributed by atoms with Crippen LogP contribution in [0, 0.1) is 6.92 Å². The van der Waals surface area contributed by atoms with Crippen molar-refractivity contribution < 1.29 is 14.3 Å². The number of aryl methyl sites for hydroxylation is 1. The van der Waals surface area contributed by atoms with Crippen LogP contribution in [-0.4, -0.2) is 31.1 Å². The molecule has 0 bridgehead atoms. The number of rotatable bonds is 11. The molecule has 0 aliphatic rings. The summed E-state index contributed by atoms with van der Waals surface area (Å²) in [5.41, 5.74) is 5.89. The van der Waals surface area contributed by atoms with Gasteiger partial charge < -0.3 is 9.47 Å². The summed E-state index contributed by atoms with van der Waals surface area (Å²) in [4.78, 5) is 12.0. The molecule has 0 saturated heterocycles. The summed E-state index contributed by atoms with van der Waals surface area (Å²) in [6.07, 6.45) is 2.54. The van der Waals surface area contributed by atoms with Crippen LogP contribution in [0.4, 0.5) is 0 Å². The van der Waals surface area contributed by atoms with Crippen molar-refractivity contribution in [1.82, 2.24) is 5.43 Å². The first-order valence-corrected chi connectivity index (χ1v) is 10.6. The van der Waals surface area contributed by atoms with E-state index in [1.165, 1.54) is 11.1 Å². The Morgan fingerprint density at radius 2 is 1.96 bits per heavy atom. The molecule has 5 nitrogen and oxygen atoms in total. The molecule has 0 unspecified atom stereocenters. The van der Waals surface area contributed by atoms with Crippen molar-refractivity contribution in [2.24, 2.45) is 5.10 Å². The summed E-state index contributed by atoms with van der Waals surface area (Å²) in [7, 11) is 0. The van der Waals surface area contributed by atoms with Gasteiger partial charge in [0.15, 0.2) is 11.5 Å². The van der Waals surface area contributed by atoms with Gasteiger partial charge in [0.25, 0.3) is 0 Å². The summed E-state index contributed by atoms with van der Waals surface area (Å²) < 4.78 is 11.3. The van der Waals surface area contributed by atoms with Crippen molar-refractivity contribution >= 4 is 23.9 Å². The van der Waals surface area contributed by atoms with E-state index in [9.17, 15) is 4.79 Å². The molecule has 0 fully saturated rings. The minimum Gasteiger partial charge on any atom is -0.490 e. The van der Waals surface area contributed by atoms with Crippen molar-refractivity contribution in [3.63, 3.8) is 0 Å². The monoisotopic (exact) mass is 400 g/mol. The summed E-state index contributed by atoms with van der Waals surface area (Å²) in [5.74, 6) is 2.45. The molecule has 150 valence electrons. The highest BCUT2D eigenvalue weighted by Gasteiger charge is 2.06. The van der Waals surface area contributed by atoms with Gasteiger partial charge in [0.2, 0.25) is 5.91 Å². The molecule has 0 radical (unpaired) electrons. The van der Waals surface area contributed by atoms with E-state index in [2.05, 4.69) is 36.5 Å². The maximum absolute atomic E-state index is 12.0. The highest BCUT2D eigenvalue weighted by Crippen LogP contribution is 2.28. The predicted molar refractivity (Wildman–Crippen MR) is 116 cm³/mol. The standard InChI is InChI=1S/C22H28N2O3S/c1-4-12-27-20-11-10-18(13-21(20)26-5-2)14-23-24-22(25)16-28-15-19-9-7-6-8-17(19)3/h6-11,13-14H,4-5,12,15-16H2,1-3H3,(H,24,25). The van der Waals surface area contributed by atoms with Crippen LogP contribution in [-0.2, 0) is 10.5 Å². The number of hydrogen-bond donors (Lipinski definition) is 1. The first kappa shape index (κ1) is 21.8. The van der Waals surface area contributed by atoms with Gasteiger partial charge in [0.1, 0.15) is 0 Å². The quantitative estimate of drug-likeness (QED) is 0.443. The van der Waals surface area contributed by atoms with Crippen molar-refractivity contribution in [3.05, 3.63) is 59.2 Å². The number of carbonyl (C=O) groups is 1. The molecule has 2 rings (SSSR count). The Morgan fingerprint density at radius 1 is 1.14 bits per heavy atom. The van der Waals surface area contributed by atoms with Gasteiger partial charge in [-0.1, -0.05) is 31.2 Å². The molecule has 0 aliphatic heterocycles. The molecular weight excluding hydrogens is 372 g/mol. The number of benzene rings is 2. The van der Waals surface area contributed by atoms with E-state index < -0.39 is 0 Å². The molecule has 0 aliphatic carbocycles. The number of nitrogens with one attached hydrogen (secondary N) is 1. The average molecular weight is 401 g/mol. The Balaban J connectivity index is 1.83. The third-order valence-corrected chi connectivity index (χ3v) is 4.87. The Hall–Kier alpha value is -2.47. The van der Waals surface area contributed by atoms with Crippen LogP contribution in [0.25, 0.3) is 0 Å². The van der Waals surface area contributed by atoms with Gasteiger partial charge in [0.05, 0.1) is 25.2 Å². The average Bonchev–Trinajstić information content (AvgIpc) is 2.69. The number of amides is 1. The molecule has 0 spiro atoms. The second-order valence-electron chi connectivity index (χ2n) is 6.20. The van der Waals surface area contributed by atoms with E-state index in [1.54, 1.807) is 18.0 Å². The smallest absolute Gasteiger partial charge is 0.250 e. The van der Waals surface area contributed by atoms with Crippen LogP contribution < -0.4 is 14.9 Å². The Bertz CT molecular complexity index is 793. The van der Waals surface area contributed by atoms with E-state index in [0.717, 1.165) is 23.5 Å². The van der Waals surface area contributed by atoms with Gasteiger partial charge in [0, 0.05) is 5.75 Å². The van der Waals surface area contributed by atoms with Crippen molar-refractivity contribution in [2.45, 2.75) is 32.9 Å². The molecule has 0 aromatic heterocycles. The number of thioether (sulfide) groups is 1. The number of nitrogens with zero attached hydrogens (tertiary/aromatic N) is 1. The first-order chi connectivity index (χ1) is 13.6. The summed E-state index contributed by atoms with van der Waals surface area (Å²) in [6, 6.07) is 13.8. The molecule has 0 heterocycles. The topological polar surface area (TPSA) is 59.9 Å². The van der Waals surface area contributed by atoms with Gasteiger partial charge in [-0.05, 0) is 55.2 Å². The first-order valence-electron chi connectivity index (χ1n) is 9.47. The summed E-state index contributed by atoms with van der Waals surface area (Å²) in [5, 5.41) is 4.04. The second kappa shape index (κ2) is 12.1. The Kier molecular flexibility index (Phi) is 9.42. The molecule has 0 saturated carbocycles. The Morgan fingerprint density at radius 3 is 2.71 bits per heavy atom. The molecule has 6 heteroatoms. The zero-order valence-electron chi connectivity index (χ0n) is 16.7. The summed E-state index contributed by atoms with van der Waals surface area (Å²) in [6.45, 7) is 7.26. The fraction of sp³-hybridized carbons (Fsp3) is 0.364. The van der Waals surface area contributed by atoms with Crippen LogP contribution in [0.3, 0.4) is 0 Å². The normalized spacial score (nSPS) is 10.8. The lowest BCUT2D eigenvalue weighted by Crippen LogP contribution is -2.19. The second-order valence-corrected chi connectivity index (χ2v) is 7.19. The third-order valence-electron chi connectivity index (χ3n) is 3.88. The number of ether oxygens (including phenoxy) is 2. The van der Waals surface area contributed by atoms with E-state index in [1.807, 2.05) is 37.3 Å². The van der Waals surface area contributed by atoms with Gasteiger partial charge in [-0.15, -0.1) is 11.8 Å². The molecule has 1 N–H and O–H groups in total. The third kappa shape index (κ3) is 7.27. The minimum absolute atomic E-state index is 0.122. The van der Waals surface area contributed by atoms with Gasteiger partial charge in [-0.25, -0.2) is 5.43 Å². The molecule has 1 amide bonds. The SMILES string of the molecule is CCCOc1ccc(C=NNC(=O)CSCc2ccccc2C)cc1OCC. The maximum Gasteiger partial charge on any atom is 0.250 e. The molecule has 2 aromatic rings. The molecular formula is C22H28N2O3S.